The van der Waals surface area contributed by atoms with E-state index < -0.39 is 30.4 Å². The Bertz CT molecular complexity index is 1070. The van der Waals surface area contributed by atoms with Crippen molar-refractivity contribution < 1.29 is 28.7 Å². The molecule has 10 heteroatoms. The third kappa shape index (κ3) is 5.46. The molecule has 1 aliphatic heterocycles. The molecule has 1 N–H and O–H groups in total. The molecule has 0 unspecified atom stereocenters. The van der Waals surface area contributed by atoms with Crippen molar-refractivity contribution in [2.45, 2.75) is 13.3 Å². The quantitative estimate of drug-likeness (QED) is 0.579. The molecule has 0 radical (unpaired) electrons. The number of hydrogen-bond donors (Lipinski definition) is 1. The Morgan fingerprint density at radius 3 is 2.56 bits per heavy atom. The summed E-state index contributed by atoms with van der Waals surface area (Å²) in [5, 5.41) is 3.09. The summed E-state index contributed by atoms with van der Waals surface area (Å²) in [5.74, 6) is -2.57. The van der Waals surface area contributed by atoms with E-state index in [2.05, 4.69) is 26.0 Å². The normalized spacial score (nSPS) is 15.4. The van der Waals surface area contributed by atoms with Crippen molar-refractivity contribution in [3.63, 3.8) is 0 Å². The second kappa shape index (κ2) is 10.1. The van der Waals surface area contributed by atoms with Gasteiger partial charge in [0.15, 0.2) is 6.61 Å². The lowest BCUT2D eigenvalue weighted by atomic mass is 10.1. The van der Waals surface area contributed by atoms with E-state index in [1.807, 2.05) is 0 Å². The number of nitrogens with one attached hydrogen (secondary N) is 1. The van der Waals surface area contributed by atoms with Gasteiger partial charge in [-0.05, 0) is 64.8 Å². The maximum Gasteiger partial charge on any atom is 0.337 e. The molecule has 2 amide bonds. The molecule has 0 aliphatic carbocycles. The highest BCUT2D eigenvalue weighted by Crippen LogP contribution is 2.29. The minimum Gasteiger partial charge on any atom is -0.465 e. The summed E-state index contributed by atoms with van der Waals surface area (Å²) in [4.78, 5) is 49.9. The lowest BCUT2D eigenvalue weighted by Crippen LogP contribution is -2.28. The fourth-order valence-electron chi connectivity index (χ4n) is 3.23. The van der Waals surface area contributed by atoms with E-state index in [0.717, 1.165) is 5.56 Å². The maximum atomic E-state index is 12.4. The number of halogens is 2. The van der Waals surface area contributed by atoms with Crippen LogP contribution in [-0.2, 0) is 23.9 Å². The molecular weight excluding hydrogens is 504 g/mol. The van der Waals surface area contributed by atoms with Gasteiger partial charge in [0.05, 0.1) is 23.6 Å². The zero-order valence-corrected chi connectivity index (χ0v) is 19.7. The number of aryl methyl sites for hydroxylation is 1. The minimum absolute atomic E-state index is 0.0271. The highest BCUT2D eigenvalue weighted by Gasteiger charge is 2.36. The number of rotatable bonds is 6. The van der Waals surface area contributed by atoms with Crippen LogP contribution in [0.3, 0.4) is 0 Å². The van der Waals surface area contributed by atoms with Crippen molar-refractivity contribution in [1.82, 2.24) is 0 Å². The van der Waals surface area contributed by atoms with Gasteiger partial charge in [0, 0.05) is 28.8 Å². The molecule has 168 valence electrons. The van der Waals surface area contributed by atoms with Gasteiger partial charge < -0.3 is 19.7 Å². The van der Waals surface area contributed by atoms with Crippen LogP contribution in [0.4, 0.5) is 11.4 Å². The monoisotopic (exact) mass is 522 g/mol. The largest absolute Gasteiger partial charge is 0.465 e. The first-order valence-electron chi connectivity index (χ1n) is 9.60. The predicted molar refractivity (Wildman–Crippen MR) is 122 cm³/mol. The van der Waals surface area contributed by atoms with Crippen LogP contribution in [0.2, 0.25) is 5.02 Å². The van der Waals surface area contributed by atoms with Crippen LogP contribution >= 0.6 is 27.5 Å². The fourth-order valence-corrected chi connectivity index (χ4v) is 3.85. The molecule has 0 spiro atoms. The van der Waals surface area contributed by atoms with Gasteiger partial charge in [0.1, 0.15) is 0 Å². The summed E-state index contributed by atoms with van der Waals surface area (Å²) in [7, 11) is 1.28. The molecule has 2 aromatic rings. The van der Waals surface area contributed by atoms with E-state index in [1.54, 1.807) is 43.3 Å². The molecule has 1 heterocycles. The first kappa shape index (κ1) is 23.7. The third-order valence-electron chi connectivity index (χ3n) is 4.95. The summed E-state index contributed by atoms with van der Waals surface area (Å²) in [6.07, 6.45) is -0.0271. The molecule has 1 fully saturated rings. The number of anilines is 2. The van der Waals surface area contributed by atoms with Gasteiger partial charge >= 0.3 is 11.9 Å². The van der Waals surface area contributed by atoms with E-state index in [0.29, 0.717) is 26.4 Å². The third-order valence-corrected chi connectivity index (χ3v) is 6.14. The standard InChI is InChI=1S/C22H20BrClN2O6/c1-12-7-16(23)17(24)9-18(12)25-19(27)11-32-22(30)14-8-20(28)26(10-14)15-5-3-13(4-6-15)21(29)31-2/h3-7,9,14H,8,10-11H2,1-2H3,(H,25,27)/t14-/m0/s1. The number of ether oxygens (including phenoxy) is 2. The molecular formula is C22H20BrClN2O6. The van der Waals surface area contributed by atoms with Gasteiger partial charge in [-0.1, -0.05) is 11.6 Å². The fraction of sp³-hybridized carbons (Fsp3) is 0.273. The van der Waals surface area contributed by atoms with Crippen molar-refractivity contribution in [2.75, 3.05) is 30.5 Å². The molecule has 0 saturated carbocycles. The number of methoxy groups -OCH3 is 1. The lowest BCUT2D eigenvalue weighted by molar-refractivity contribution is -0.151. The van der Waals surface area contributed by atoms with Crippen molar-refractivity contribution in [1.29, 1.82) is 0 Å². The van der Waals surface area contributed by atoms with Crippen LogP contribution in [-0.4, -0.2) is 44.0 Å². The van der Waals surface area contributed by atoms with Crippen LogP contribution in [0.15, 0.2) is 40.9 Å². The molecule has 3 rings (SSSR count). The number of carbonyl (C=O) groups excluding carboxylic acids is 4. The van der Waals surface area contributed by atoms with Crippen molar-refractivity contribution >= 4 is 62.7 Å². The second-order valence-electron chi connectivity index (χ2n) is 7.18. The number of amides is 2. The molecule has 8 nitrogen and oxygen atoms in total. The van der Waals surface area contributed by atoms with E-state index in [9.17, 15) is 19.2 Å². The van der Waals surface area contributed by atoms with Crippen LogP contribution in [0.5, 0.6) is 0 Å². The summed E-state index contributed by atoms with van der Waals surface area (Å²) in [6, 6.07) is 9.66. The molecule has 1 aliphatic rings. The van der Waals surface area contributed by atoms with Gasteiger partial charge in [-0.2, -0.15) is 0 Å². The molecule has 32 heavy (non-hydrogen) atoms. The topological polar surface area (TPSA) is 102 Å². The molecule has 0 bridgehead atoms. The average molecular weight is 524 g/mol. The smallest absolute Gasteiger partial charge is 0.337 e. The first-order chi connectivity index (χ1) is 15.2. The Morgan fingerprint density at radius 1 is 1.22 bits per heavy atom. The zero-order valence-electron chi connectivity index (χ0n) is 17.3. The summed E-state index contributed by atoms with van der Waals surface area (Å²) < 4.78 is 10.5. The van der Waals surface area contributed by atoms with Gasteiger partial charge in [-0.3, -0.25) is 14.4 Å². The molecule has 1 saturated heterocycles. The van der Waals surface area contributed by atoms with Gasteiger partial charge in [-0.25, -0.2) is 4.79 Å². The van der Waals surface area contributed by atoms with Gasteiger partial charge in [-0.15, -0.1) is 0 Å². The predicted octanol–water partition coefficient (Wildman–Crippen LogP) is 3.73. The van der Waals surface area contributed by atoms with E-state index in [1.165, 1.54) is 12.0 Å². The highest BCUT2D eigenvalue weighted by atomic mass is 79.9. The maximum absolute atomic E-state index is 12.4. The van der Waals surface area contributed by atoms with Gasteiger partial charge in [0.2, 0.25) is 5.91 Å². The van der Waals surface area contributed by atoms with E-state index >= 15 is 0 Å². The number of hydrogen-bond acceptors (Lipinski definition) is 6. The summed E-state index contributed by atoms with van der Waals surface area (Å²) in [5.41, 5.74) is 2.21. The Kier molecular flexibility index (Phi) is 7.52. The van der Waals surface area contributed by atoms with Crippen LogP contribution in [0.25, 0.3) is 0 Å². The Morgan fingerprint density at radius 2 is 1.91 bits per heavy atom. The summed E-state index contributed by atoms with van der Waals surface area (Å²) in [6.45, 7) is 1.45. The molecule has 1 atom stereocenters. The number of benzene rings is 2. The van der Waals surface area contributed by atoms with Crippen molar-refractivity contribution in [2.24, 2.45) is 5.92 Å². The van der Waals surface area contributed by atoms with Gasteiger partial charge in [0.25, 0.3) is 5.91 Å². The highest BCUT2D eigenvalue weighted by molar-refractivity contribution is 9.10. The average Bonchev–Trinajstić information content (AvgIpc) is 3.17. The molecule has 0 aromatic heterocycles. The van der Waals surface area contributed by atoms with Crippen molar-refractivity contribution in [3.8, 4) is 0 Å². The van der Waals surface area contributed by atoms with Crippen LogP contribution in [0, 0.1) is 12.8 Å². The SMILES string of the molecule is COC(=O)c1ccc(N2C[C@@H](C(=O)OCC(=O)Nc3cc(Cl)c(Br)cc3C)CC2=O)cc1. The minimum atomic E-state index is -0.695. The Labute approximate surface area is 197 Å². The molecule has 2 aromatic carbocycles. The number of esters is 2. The van der Waals surface area contributed by atoms with Crippen LogP contribution < -0.4 is 10.2 Å². The Balaban J connectivity index is 1.55. The summed E-state index contributed by atoms with van der Waals surface area (Å²) >= 11 is 9.36. The van der Waals surface area contributed by atoms with E-state index in [4.69, 9.17) is 16.3 Å². The Hall–Kier alpha value is -2.91. The lowest BCUT2D eigenvalue weighted by Gasteiger charge is -2.17. The van der Waals surface area contributed by atoms with Crippen LogP contribution in [0.1, 0.15) is 22.3 Å². The number of nitrogens with zero attached hydrogens (tertiary/aromatic N) is 1. The first-order valence-corrected chi connectivity index (χ1v) is 10.8. The second-order valence-corrected chi connectivity index (χ2v) is 8.44. The number of carbonyl (C=O) groups is 4. The van der Waals surface area contributed by atoms with E-state index in [-0.39, 0.29) is 18.9 Å². The van der Waals surface area contributed by atoms with Crippen molar-refractivity contribution in [3.05, 3.63) is 57.0 Å². The zero-order chi connectivity index (χ0) is 23.4.